The highest BCUT2D eigenvalue weighted by molar-refractivity contribution is 7.91. The summed E-state index contributed by atoms with van der Waals surface area (Å²) < 4.78 is 65.6. The van der Waals surface area contributed by atoms with Crippen molar-refractivity contribution < 1.29 is 36.0 Å². The Bertz CT molecular complexity index is 1310. The molecule has 2 aliphatic carbocycles. The minimum Gasteiger partial charge on any atom is -0.374 e. The topological polar surface area (TPSA) is 139 Å². The number of primary amides is 1. The third kappa shape index (κ3) is 7.84. The predicted octanol–water partition coefficient (Wildman–Crippen LogP) is 4.10. The molecule has 4 N–H and O–H groups in total. The van der Waals surface area contributed by atoms with Crippen LogP contribution in [-0.2, 0) is 30.6 Å². The Hall–Kier alpha value is -3.09. The number of hydrogen-bond acceptors (Lipinski definition) is 6. The van der Waals surface area contributed by atoms with Crippen LogP contribution in [-0.4, -0.2) is 54.4 Å². The average molecular weight is 613 g/mol. The van der Waals surface area contributed by atoms with Crippen LogP contribution in [0.1, 0.15) is 76.7 Å². The number of nitrogens with two attached hydrogens (primary N) is 1. The van der Waals surface area contributed by atoms with Crippen LogP contribution >= 0.6 is 0 Å². The number of rotatable bonds is 14. The van der Waals surface area contributed by atoms with Gasteiger partial charge in [0.15, 0.2) is 0 Å². The molecule has 1 aliphatic heterocycles. The van der Waals surface area contributed by atoms with Crippen LogP contribution in [0.2, 0.25) is 0 Å². The minimum atomic E-state index is -4.52. The summed E-state index contributed by atoms with van der Waals surface area (Å²) in [5.74, 6) is -1.71. The first kappa shape index (κ1) is 31.8. The van der Waals surface area contributed by atoms with Gasteiger partial charge in [0, 0.05) is 18.2 Å². The van der Waals surface area contributed by atoms with Gasteiger partial charge in [0.25, 0.3) is 0 Å². The number of hydrogen-bond donors (Lipinski definition) is 3. The zero-order valence-electron chi connectivity index (χ0n) is 23.7. The van der Waals surface area contributed by atoms with E-state index in [4.69, 9.17) is 5.73 Å². The molecule has 1 aromatic rings. The molecule has 0 radical (unpaired) electrons. The molecule has 1 saturated heterocycles. The first-order valence-corrected chi connectivity index (χ1v) is 16.0. The van der Waals surface area contributed by atoms with Crippen molar-refractivity contribution in [3.8, 4) is 0 Å². The number of nitrogens with zero attached hydrogens (tertiary/aromatic N) is 1. The van der Waals surface area contributed by atoms with E-state index in [-0.39, 0.29) is 23.4 Å². The van der Waals surface area contributed by atoms with E-state index in [1.165, 1.54) is 17.0 Å². The van der Waals surface area contributed by atoms with Gasteiger partial charge in [-0.3, -0.25) is 19.1 Å². The molecule has 2 unspecified atom stereocenters. The van der Waals surface area contributed by atoms with Gasteiger partial charge in [-0.25, -0.2) is 8.42 Å². The fourth-order valence-electron chi connectivity index (χ4n) is 5.33. The maximum absolute atomic E-state index is 13.4. The summed E-state index contributed by atoms with van der Waals surface area (Å²) in [5.41, 5.74) is 4.82. The number of unbranched alkanes of at least 4 members (excludes halogenated alkanes) is 3. The molecule has 0 aromatic heterocycles. The number of alkyl halides is 3. The Labute approximate surface area is 244 Å². The van der Waals surface area contributed by atoms with E-state index in [1.54, 1.807) is 6.92 Å². The standard InChI is InChI=1S/C29H39F3N4O5S/c1-28(14-15-28)42(40,41)35-26(38)22-17-19(22)9-5-3-2-4-6-12-23(27(39)36-16-8-13-24(36)25(33)37)34-21-11-7-10-20(18-21)29(30,31)32/h5,7,9-11,18-19,22-24,34H,2-4,6,8,12-17H2,1H3,(H2,33,37)(H,35,38)/b9-5-/t19?,22?,23-,24-/m0/s1. The van der Waals surface area contributed by atoms with E-state index in [9.17, 15) is 36.0 Å². The van der Waals surface area contributed by atoms with Gasteiger partial charge in [0.2, 0.25) is 27.7 Å². The van der Waals surface area contributed by atoms with Crippen LogP contribution in [0.25, 0.3) is 0 Å². The van der Waals surface area contributed by atoms with E-state index >= 15 is 0 Å². The molecule has 1 heterocycles. The molecule has 3 aliphatic rings. The lowest BCUT2D eigenvalue weighted by Gasteiger charge is -2.28. The van der Waals surface area contributed by atoms with Crippen LogP contribution in [0.4, 0.5) is 18.9 Å². The third-order valence-corrected chi connectivity index (χ3v) is 10.6. The lowest BCUT2D eigenvalue weighted by atomic mass is 10.0. The SMILES string of the molecule is CC1(S(=O)(=O)NC(=O)C2CC2/C=C\CCCCC[C@H](Nc2cccc(C(F)(F)F)c2)C(=O)N2CCC[C@H]2C(N)=O)CC1. The van der Waals surface area contributed by atoms with Gasteiger partial charge < -0.3 is 16.0 Å². The lowest BCUT2D eigenvalue weighted by molar-refractivity contribution is -0.138. The fourth-order valence-corrected chi connectivity index (χ4v) is 6.64. The normalized spacial score (nSPS) is 23.9. The Morgan fingerprint density at radius 3 is 2.60 bits per heavy atom. The van der Waals surface area contributed by atoms with Gasteiger partial charge in [-0.05, 0) is 82.4 Å². The summed E-state index contributed by atoms with van der Waals surface area (Å²) >= 11 is 0. The van der Waals surface area contributed by atoms with Crippen molar-refractivity contribution in [2.75, 3.05) is 11.9 Å². The van der Waals surface area contributed by atoms with Crippen LogP contribution in [0.15, 0.2) is 36.4 Å². The van der Waals surface area contributed by atoms with Crippen LogP contribution in [0.3, 0.4) is 0 Å². The summed E-state index contributed by atoms with van der Waals surface area (Å²) in [6.45, 7) is 2.00. The molecule has 3 fully saturated rings. The molecule has 3 amide bonds. The summed E-state index contributed by atoms with van der Waals surface area (Å²) in [7, 11) is -3.63. The quantitative estimate of drug-likeness (QED) is 0.214. The average Bonchev–Trinajstić information content (AvgIpc) is 3.82. The molecule has 4 atom stereocenters. The highest BCUT2D eigenvalue weighted by atomic mass is 32.2. The fraction of sp³-hybridized carbons (Fsp3) is 0.621. The van der Waals surface area contributed by atoms with Gasteiger partial charge in [0.05, 0.1) is 10.3 Å². The van der Waals surface area contributed by atoms with Crippen LogP contribution in [0.5, 0.6) is 0 Å². The Balaban J connectivity index is 1.25. The predicted molar refractivity (Wildman–Crippen MR) is 151 cm³/mol. The molecule has 0 bridgehead atoms. The second-order valence-electron chi connectivity index (χ2n) is 11.9. The van der Waals surface area contributed by atoms with Crippen molar-refractivity contribution in [1.82, 2.24) is 9.62 Å². The second-order valence-corrected chi connectivity index (χ2v) is 14.1. The van der Waals surface area contributed by atoms with E-state index in [2.05, 4.69) is 10.0 Å². The van der Waals surface area contributed by atoms with Gasteiger partial charge in [0.1, 0.15) is 12.1 Å². The van der Waals surface area contributed by atoms with Crippen LogP contribution < -0.4 is 15.8 Å². The van der Waals surface area contributed by atoms with E-state index in [1.807, 2.05) is 12.2 Å². The van der Waals surface area contributed by atoms with Crippen LogP contribution in [0, 0.1) is 11.8 Å². The largest absolute Gasteiger partial charge is 0.416 e. The van der Waals surface area contributed by atoms with Gasteiger partial charge in [-0.2, -0.15) is 13.2 Å². The van der Waals surface area contributed by atoms with E-state index in [0.717, 1.165) is 31.4 Å². The molecule has 232 valence electrons. The smallest absolute Gasteiger partial charge is 0.374 e. The summed E-state index contributed by atoms with van der Waals surface area (Å²) in [6.07, 6.45) is 5.48. The van der Waals surface area contributed by atoms with Crippen molar-refractivity contribution in [3.05, 3.63) is 42.0 Å². The van der Waals surface area contributed by atoms with Crippen molar-refractivity contribution in [3.63, 3.8) is 0 Å². The number of allylic oxidation sites excluding steroid dienone is 2. The van der Waals surface area contributed by atoms with Crippen molar-refractivity contribution in [2.24, 2.45) is 17.6 Å². The van der Waals surface area contributed by atoms with Gasteiger partial charge in [-0.1, -0.05) is 31.1 Å². The van der Waals surface area contributed by atoms with Crippen molar-refractivity contribution in [2.45, 2.75) is 94.1 Å². The molecule has 42 heavy (non-hydrogen) atoms. The summed E-state index contributed by atoms with van der Waals surface area (Å²) in [6, 6.07) is 3.14. The number of carbonyl (C=O) groups excluding carboxylic acids is 3. The number of likely N-dealkylation sites (tertiary alicyclic amines) is 1. The molecule has 4 rings (SSSR count). The van der Waals surface area contributed by atoms with E-state index < -0.39 is 50.4 Å². The molecule has 1 aromatic carbocycles. The highest BCUT2D eigenvalue weighted by Crippen LogP contribution is 2.44. The number of amides is 3. The minimum absolute atomic E-state index is 0.0181. The number of halogens is 3. The number of nitrogens with one attached hydrogen (secondary N) is 2. The monoisotopic (exact) mass is 612 g/mol. The maximum Gasteiger partial charge on any atom is 0.416 e. The Morgan fingerprint density at radius 1 is 1.19 bits per heavy atom. The number of anilines is 1. The zero-order valence-corrected chi connectivity index (χ0v) is 24.5. The second kappa shape index (κ2) is 12.6. The summed E-state index contributed by atoms with van der Waals surface area (Å²) in [5, 5.41) is 2.96. The molecule has 13 heteroatoms. The Kier molecular flexibility index (Phi) is 9.58. The third-order valence-electron chi connectivity index (χ3n) is 8.45. The van der Waals surface area contributed by atoms with E-state index in [0.29, 0.717) is 51.5 Å². The zero-order chi connectivity index (χ0) is 30.7. The molecule has 2 saturated carbocycles. The first-order valence-electron chi connectivity index (χ1n) is 14.5. The highest BCUT2D eigenvalue weighted by Gasteiger charge is 2.52. The lowest BCUT2D eigenvalue weighted by Crippen LogP contribution is -2.49. The van der Waals surface area contributed by atoms with Crippen molar-refractivity contribution >= 4 is 33.4 Å². The Morgan fingerprint density at radius 2 is 1.93 bits per heavy atom. The molecule has 9 nitrogen and oxygen atoms in total. The maximum atomic E-state index is 13.4. The van der Waals surface area contributed by atoms with Gasteiger partial charge >= 0.3 is 6.18 Å². The van der Waals surface area contributed by atoms with Gasteiger partial charge in [-0.15, -0.1) is 0 Å². The summed E-state index contributed by atoms with van der Waals surface area (Å²) in [4.78, 5) is 39.0. The molecule has 0 spiro atoms. The number of benzene rings is 1. The molecular formula is C29H39F3N4O5S. The van der Waals surface area contributed by atoms with Crippen molar-refractivity contribution in [1.29, 1.82) is 0 Å². The number of sulfonamides is 1. The first-order chi connectivity index (χ1) is 19.7. The molecular weight excluding hydrogens is 573 g/mol. The number of carbonyl (C=O) groups is 3.